The van der Waals surface area contributed by atoms with Crippen LogP contribution in [0.15, 0.2) is 22.7 Å². The van der Waals surface area contributed by atoms with Gasteiger partial charge in [-0.05, 0) is 17.7 Å². The Morgan fingerprint density at radius 2 is 2.14 bits per heavy atom. The summed E-state index contributed by atoms with van der Waals surface area (Å²) >= 11 is 9.15. The molecule has 0 radical (unpaired) electrons. The van der Waals surface area contributed by atoms with Crippen molar-refractivity contribution in [2.24, 2.45) is 0 Å². The molecule has 1 N–H and O–H groups in total. The van der Waals surface area contributed by atoms with E-state index < -0.39 is 6.43 Å². The second-order valence-corrected chi connectivity index (χ2v) is 4.08. The Bertz CT molecular complexity index is 307. The maximum atomic E-state index is 11.8. The van der Waals surface area contributed by atoms with Gasteiger partial charge in [0.25, 0.3) is 6.43 Å². The molecule has 0 saturated heterocycles. The van der Waals surface area contributed by atoms with Crippen LogP contribution in [0.4, 0.5) is 8.78 Å². The summed E-state index contributed by atoms with van der Waals surface area (Å²) in [5.41, 5.74) is 0.815. The van der Waals surface area contributed by atoms with Crippen molar-refractivity contribution in [2.45, 2.75) is 13.0 Å². The molecule has 0 heterocycles. The minimum absolute atomic E-state index is 0.313. The largest absolute Gasteiger partial charge is 0.307 e. The van der Waals surface area contributed by atoms with E-state index in [1.165, 1.54) is 0 Å². The predicted octanol–water partition coefficient (Wildman–Crippen LogP) is 3.46. The highest BCUT2D eigenvalue weighted by Gasteiger charge is 2.03. The normalized spacial score (nSPS) is 10.9. The van der Waals surface area contributed by atoms with Gasteiger partial charge in [-0.1, -0.05) is 33.6 Å². The topological polar surface area (TPSA) is 12.0 Å². The van der Waals surface area contributed by atoms with Gasteiger partial charge in [0.15, 0.2) is 0 Å². The van der Waals surface area contributed by atoms with Crippen LogP contribution in [0.5, 0.6) is 0 Å². The zero-order valence-electron chi connectivity index (χ0n) is 7.24. The van der Waals surface area contributed by atoms with Gasteiger partial charge in [0, 0.05) is 16.0 Å². The zero-order chi connectivity index (χ0) is 10.6. The number of hydrogen-bond donors (Lipinski definition) is 1. The molecule has 0 bridgehead atoms. The van der Waals surface area contributed by atoms with Gasteiger partial charge in [0.05, 0.1) is 6.54 Å². The lowest BCUT2D eigenvalue weighted by Crippen LogP contribution is -2.20. The quantitative estimate of drug-likeness (QED) is 0.893. The molecule has 78 valence electrons. The zero-order valence-corrected chi connectivity index (χ0v) is 9.58. The van der Waals surface area contributed by atoms with Crippen LogP contribution in [0.1, 0.15) is 5.56 Å². The van der Waals surface area contributed by atoms with Gasteiger partial charge in [0.1, 0.15) is 0 Å². The van der Waals surface area contributed by atoms with Crippen LogP contribution in [-0.4, -0.2) is 13.0 Å². The molecule has 0 aliphatic heterocycles. The molecule has 14 heavy (non-hydrogen) atoms. The molecule has 0 amide bonds. The molecule has 0 fully saturated rings. The molecule has 0 unspecified atom stereocenters. The summed E-state index contributed by atoms with van der Waals surface area (Å²) in [6, 6.07) is 5.36. The number of nitrogens with one attached hydrogen (secondary N) is 1. The van der Waals surface area contributed by atoms with Gasteiger partial charge in [-0.2, -0.15) is 0 Å². The summed E-state index contributed by atoms with van der Waals surface area (Å²) in [7, 11) is 0. The van der Waals surface area contributed by atoms with E-state index >= 15 is 0 Å². The minimum Gasteiger partial charge on any atom is -0.307 e. The monoisotopic (exact) mass is 283 g/mol. The van der Waals surface area contributed by atoms with Gasteiger partial charge in [0.2, 0.25) is 0 Å². The van der Waals surface area contributed by atoms with Gasteiger partial charge in [-0.25, -0.2) is 8.78 Å². The molecular weight excluding hydrogens is 275 g/mol. The summed E-state index contributed by atoms with van der Waals surface area (Å²) < 4.78 is 24.5. The van der Waals surface area contributed by atoms with Crippen LogP contribution >= 0.6 is 27.5 Å². The molecule has 0 saturated carbocycles. The van der Waals surface area contributed by atoms with E-state index in [2.05, 4.69) is 21.2 Å². The Balaban J connectivity index is 2.51. The lowest BCUT2D eigenvalue weighted by Gasteiger charge is -2.06. The number of rotatable bonds is 4. The minimum atomic E-state index is -2.33. The predicted molar refractivity (Wildman–Crippen MR) is 56.9 cm³/mol. The Morgan fingerprint density at radius 3 is 2.71 bits per heavy atom. The summed E-state index contributed by atoms with van der Waals surface area (Å²) in [6.07, 6.45) is -2.33. The standard InChI is InChI=1S/C9H9BrClF2N/c10-7-2-1-6(8(11)3-7)4-14-5-9(12)13/h1-3,9,14H,4-5H2. The molecule has 1 nitrogen and oxygen atoms in total. The van der Waals surface area contributed by atoms with Gasteiger partial charge in [-0.3, -0.25) is 0 Å². The van der Waals surface area contributed by atoms with E-state index in [1.807, 2.05) is 6.07 Å². The van der Waals surface area contributed by atoms with Crippen LogP contribution in [0.2, 0.25) is 5.02 Å². The third-order valence-corrected chi connectivity index (χ3v) is 2.47. The van der Waals surface area contributed by atoms with Crippen molar-refractivity contribution >= 4 is 27.5 Å². The van der Waals surface area contributed by atoms with Gasteiger partial charge >= 0.3 is 0 Å². The lowest BCUT2D eigenvalue weighted by molar-refractivity contribution is 0.145. The fourth-order valence-corrected chi connectivity index (χ4v) is 1.72. The SMILES string of the molecule is FC(F)CNCc1ccc(Br)cc1Cl. The van der Waals surface area contributed by atoms with Crippen LogP contribution in [0.25, 0.3) is 0 Å². The first-order valence-corrected chi connectivity index (χ1v) is 5.19. The highest BCUT2D eigenvalue weighted by atomic mass is 79.9. The molecule has 0 spiro atoms. The van der Waals surface area contributed by atoms with Crippen LogP contribution in [0, 0.1) is 0 Å². The fraction of sp³-hybridized carbons (Fsp3) is 0.333. The summed E-state index contributed by atoms with van der Waals surface area (Å²) in [5.74, 6) is 0. The maximum absolute atomic E-state index is 11.8. The van der Waals surface area contributed by atoms with E-state index in [1.54, 1.807) is 12.1 Å². The van der Waals surface area contributed by atoms with E-state index in [9.17, 15) is 8.78 Å². The summed E-state index contributed by atoms with van der Waals surface area (Å²) in [4.78, 5) is 0. The van der Waals surface area contributed by atoms with Crippen molar-refractivity contribution in [2.75, 3.05) is 6.54 Å². The fourth-order valence-electron chi connectivity index (χ4n) is 0.981. The Labute approximate surface area is 94.6 Å². The highest BCUT2D eigenvalue weighted by Crippen LogP contribution is 2.21. The Hall–Kier alpha value is -0.190. The van der Waals surface area contributed by atoms with E-state index in [0.29, 0.717) is 11.6 Å². The number of hydrogen-bond acceptors (Lipinski definition) is 1. The Morgan fingerprint density at radius 1 is 1.43 bits per heavy atom. The first kappa shape index (κ1) is 11.9. The van der Waals surface area contributed by atoms with Crippen molar-refractivity contribution in [1.29, 1.82) is 0 Å². The number of halogens is 4. The third kappa shape index (κ3) is 3.90. The lowest BCUT2D eigenvalue weighted by atomic mass is 10.2. The van der Waals surface area contributed by atoms with Crippen molar-refractivity contribution in [1.82, 2.24) is 5.32 Å². The van der Waals surface area contributed by atoms with Crippen molar-refractivity contribution < 1.29 is 8.78 Å². The molecule has 1 rings (SSSR count). The highest BCUT2D eigenvalue weighted by molar-refractivity contribution is 9.10. The molecule has 0 aromatic heterocycles. The van der Waals surface area contributed by atoms with Crippen LogP contribution < -0.4 is 5.32 Å². The smallest absolute Gasteiger partial charge is 0.250 e. The van der Waals surface area contributed by atoms with E-state index in [4.69, 9.17) is 11.6 Å². The average molecular weight is 285 g/mol. The first-order valence-electron chi connectivity index (χ1n) is 4.02. The van der Waals surface area contributed by atoms with Gasteiger partial charge in [-0.15, -0.1) is 0 Å². The van der Waals surface area contributed by atoms with Crippen LogP contribution in [-0.2, 0) is 6.54 Å². The number of benzene rings is 1. The third-order valence-electron chi connectivity index (χ3n) is 1.63. The van der Waals surface area contributed by atoms with Gasteiger partial charge < -0.3 is 5.32 Å². The molecule has 1 aromatic carbocycles. The van der Waals surface area contributed by atoms with E-state index in [-0.39, 0.29) is 6.54 Å². The van der Waals surface area contributed by atoms with Crippen molar-refractivity contribution in [3.63, 3.8) is 0 Å². The van der Waals surface area contributed by atoms with Crippen LogP contribution in [0.3, 0.4) is 0 Å². The molecule has 0 atom stereocenters. The second kappa shape index (κ2) is 5.63. The molecular formula is C9H9BrClF2N. The molecule has 5 heteroatoms. The average Bonchev–Trinajstić information content (AvgIpc) is 2.08. The summed E-state index contributed by atoms with van der Waals surface area (Å²) in [6.45, 7) is 0.0445. The van der Waals surface area contributed by atoms with Crippen molar-refractivity contribution in [3.05, 3.63) is 33.3 Å². The van der Waals surface area contributed by atoms with Crippen molar-refractivity contribution in [3.8, 4) is 0 Å². The summed E-state index contributed by atoms with van der Waals surface area (Å²) in [5, 5.41) is 3.18. The molecule has 1 aromatic rings. The second-order valence-electron chi connectivity index (χ2n) is 2.76. The Kier molecular flexibility index (Phi) is 4.78. The first-order chi connectivity index (χ1) is 6.59. The maximum Gasteiger partial charge on any atom is 0.250 e. The van der Waals surface area contributed by atoms with E-state index in [0.717, 1.165) is 10.0 Å². The molecule has 0 aliphatic rings. The number of alkyl halides is 2. The molecule has 0 aliphatic carbocycles.